The van der Waals surface area contributed by atoms with Gasteiger partial charge in [-0.3, -0.25) is 14.8 Å². The average Bonchev–Trinajstić information content (AvgIpc) is 2.46. The molecule has 0 unspecified atom stereocenters. The Labute approximate surface area is 112 Å². The number of nitrogens with zero attached hydrogens (tertiary/aromatic N) is 2. The summed E-state index contributed by atoms with van der Waals surface area (Å²) in [6.45, 7) is 4.58. The molecule has 0 spiro atoms. The van der Waals surface area contributed by atoms with Gasteiger partial charge < -0.3 is 10.6 Å². The third kappa shape index (κ3) is 3.48. The molecule has 0 saturated heterocycles. The van der Waals surface area contributed by atoms with E-state index in [1.165, 1.54) is 0 Å². The van der Waals surface area contributed by atoms with Crippen molar-refractivity contribution < 1.29 is 4.79 Å². The Balaban J connectivity index is 2.01. The molecule has 0 aliphatic carbocycles. The highest BCUT2D eigenvalue weighted by Gasteiger charge is 2.10. The zero-order chi connectivity index (χ0) is 13.5. The van der Waals surface area contributed by atoms with Crippen LogP contribution in [0.4, 0.5) is 0 Å². The third-order valence-electron chi connectivity index (χ3n) is 2.81. The summed E-state index contributed by atoms with van der Waals surface area (Å²) in [6, 6.07) is 5.45. The van der Waals surface area contributed by atoms with Crippen molar-refractivity contribution >= 4 is 16.9 Å². The van der Waals surface area contributed by atoms with E-state index >= 15 is 0 Å². The third-order valence-corrected chi connectivity index (χ3v) is 2.81. The molecule has 5 nitrogen and oxygen atoms in total. The largest absolute Gasteiger partial charge is 0.352 e. The monoisotopic (exact) mass is 258 g/mol. The van der Waals surface area contributed by atoms with Crippen LogP contribution in [0.1, 0.15) is 23.7 Å². The first kappa shape index (κ1) is 13.4. The van der Waals surface area contributed by atoms with Crippen LogP contribution in [0.2, 0.25) is 0 Å². The molecule has 5 heteroatoms. The van der Waals surface area contributed by atoms with Gasteiger partial charge in [0.2, 0.25) is 0 Å². The smallest absolute Gasteiger partial charge is 0.253 e. The maximum atomic E-state index is 12.1. The van der Waals surface area contributed by atoms with Crippen molar-refractivity contribution in [3.8, 4) is 0 Å². The Morgan fingerprint density at radius 3 is 2.89 bits per heavy atom. The van der Waals surface area contributed by atoms with E-state index in [-0.39, 0.29) is 5.91 Å². The van der Waals surface area contributed by atoms with Crippen molar-refractivity contribution in [2.24, 2.45) is 0 Å². The second-order valence-corrected chi connectivity index (χ2v) is 4.19. The summed E-state index contributed by atoms with van der Waals surface area (Å²) in [5, 5.41) is 6.12. The maximum absolute atomic E-state index is 12.1. The second kappa shape index (κ2) is 6.80. The molecule has 2 rings (SSSR count). The summed E-state index contributed by atoms with van der Waals surface area (Å²) in [7, 11) is 0. The highest BCUT2D eigenvalue weighted by atomic mass is 16.1. The molecule has 0 bridgehead atoms. The number of hydrogen-bond donors (Lipinski definition) is 2. The molecule has 1 amide bonds. The Morgan fingerprint density at radius 1 is 1.21 bits per heavy atom. The first-order valence-corrected chi connectivity index (χ1v) is 6.51. The van der Waals surface area contributed by atoms with Crippen LogP contribution in [-0.2, 0) is 0 Å². The first-order valence-electron chi connectivity index (χ1n) is 6.51. The van der Waals surface area contributed by atoms with Crippen LogP contribution in [-0.4, -0.2) is 35.5 Å². The number of hydrogen-bond acceptors (Lipinski definition) is 4. The van der Waals surface area contributed by atoms with Crippen LogP contribution in [0.15, 0.2) is 30.6 Å². The van der Waals surface area contributed by atoms with Gasteiger partial charge in [0.1, 0.15) is 5.52 Å². The molecule has 19 heavy (non-hydrogen) atoms. The van der Waals surface area contributed by atoms with Crippen molar-refractivity contribution in [3.63, 3.8) is 0 Å². The van der Waals surface area contributed by atoms with Gasteiger partial charge in [-0.05, 0) is 31.6 Å². The van der Waals surface area contributed by atoms with Gasteiger partial charge in [0.25, 0.3) is 5.91 Å². The van der Waals surface area contributed by atoms with Crippen molar-refractivity contribution in [2.75, 3.05) is 19.6 Å². The van der Waals surface area contributed by atoms with Crippen LogP contribution in [0.3, 0.4) is 0 Å². The van der Waals surface area contributed by atoms with Gasteiger partial charge in [-0.1, -0.05) is 13.0 Å². The number of carbonyl (C=O) groups excluding carboxylic acids is 1. The normalized spacial score (nSPS) is 10.6. The minimum atomic E-state index is -0.0948. The van der Waals surface area contributed by atoms with E-state index in [9.17, 15) is 4.79 Å². The Morgan fingerprint density at radius 2 is 2.05 bits per heavy atom. The van der Waals surface area contributed by atoms with Crippen LogP contribution >= 0.6 is 0 Å². The minimum Gasteiger partial charge on any atom is -0.352 e. The molecule has 0 aliphatic rings. The van der Waals surface area contributed by atoms with Gasteiger partial charge in [-0.15, -0.1) is 0 Å². The Hall–Kier alpha value is -2.01. The second-order valence-electron chi connectivity index (χ2n) is 4.19. The van der Waals surface area contributed by atoms with Crippen LogP contribution in [0.5, 0.6) is 0 Å². The molecule has 0 radical (unpaired) electrons. The molecule has 1 aromatic carbocycles. The molecule has 1 aromatic heterocycles. The number of aromatic nitrogens is 2. The van der Waals surface area contributed by atoms with Gasteiger partial charge in [-0.25, -0.2) is 0 Å². The van der Waals surface area contributed by atoms with Crippen molar-refractivity contribution in [2.45, 2.75) is 13.3 Å². The summed E-state index contributed by atoms with van der Waals surface area (Å²) in [5.41, 5.74) is 1.96. The lowest BCUT2D eigenvalue weighted by Gasteiger charge is -2.07. The molecule has 2 N–H and O–H groups in total. The molecule has 0 fully saturated rings. The van der Waals surface area contributed by atoms with Gasteiger partial charge in [0.15, 0.2) is 0 Å². The molecular weight excluding hydrogens is 240 g/mol. The van der Waals surface area contributed by atoms with E-state index in [2.05, 4.69) is 27.5 Å². The van der Waals surface area contributed by atoms with Crippen molar-refractivity contribution in [3.05, 3.63) is 36.2 Å². The summed E-state index contributed by atoms with van der Waals surface area (Å²) in [6.07, 6.45) is 4.14. The molecule has 0 aliphatic heterocycles. The number of benzene rings is 1. The standard InChI is InChI=1S/C14H18N4O/c1-2-15-7-4-8-18-14(19)11-5-3-6-12-13(11)17-10-9-16-12/h3,5-6,9-10,15H,2,4,7-8H2,1H3,(H,18,19). The molecular formula is C14H18N4O. The fourth-order valence-corrected chi connectivity index (χ4v) is 1.86. The predicted molar refractivity (Wildman–Crippen MR) is 75.0 cm³/mol. The first-order chi connectivity index (χ1) is 9.33. The highest BCUT2D eigenvalue weighted by Crippen LogP contribution is 2.13. The predicted octanol–water partition coefficient (Wildman–Crippen LogP) is 1.36. The van der Waals surface area contributed by atoms with Gasteiger partial charge in [-0.2, -0.15) is 0 Å². The molecule has 1 heterocycles. The number of rotatable bonds is 6. The van der Waals surface area contributed by atoms with Gasteiger partial charge >= 0.3 is 0 Å². The van der Waals surface area contributed by atoms with E-state index in [4.69, 9.17) is 0 Å². The lowest BCUT2D eigenvalue weighted by Crippen LogP contribution is -2.27. The number of carbonyl (C=O) groups is 1. The van der Waals surface area contributed by atoms with E-state index in [1.54, 1.807) is 18.5 Å². The van der Waals surface area contributed by atoms with Gasteiger partial charge in [0, 0.05) is 18.9 Å². The average molecular weight is 258 g/mol. The SMILES string of the molecule is CCNCCCNC(=O)c1cccc2nccnc12. The Kier molecular flexibility index (Phi) is 4.80. The van der Waals surface area contributed by atoms with E-state index in [0.717, 1.165) is 25.0 Å². The van der Waals surface area contributed by atoms with Crippen LogP contribution < -0.4 is 10.6 Å². The fourth-order valence-electron chi connectivity index (χ4n) is 1.86. The number of amides is 1. The minimum absolute atomic E-state index is 0.0948. The summed E-state index contributed by atoms with van der Waals surface area (Å²) < 4.78 is 0. The van der Waals surface area contributed by atoms with Crippen LogP contribution in [0.25, 0.3) is 11.0 Å². The van der Waals surface area contributed by atoms with Crippen LogP contribution in [0, 0.1) is 0 Å². The molecule has 100 valence electrons. The highest BCUT2D eigenvalue weighted by molar-refractivity contribution is 6.04. The summed E-state index contributed by atoms with van der Waals surface area (Å²) >= 11 is 0. The molecule has 0 atom stereocenters. The lowest BCUT2D eigenvalue weighted by atomic mass is 10.1. The van der Waals surface area contributed by atoms with Crippen molar-refractivity contribution in [1.29, 1.82) is 0 Å². The molecule has 0 saturated carbocycles. The summed E-state index contributed by atoms with van der Waals surface area (Å²) in [4.78, 5) is 20.5. The maximum Gasteiger partial charge on any atom is 0.253 e. The number of nitrogens with one attached hydrogen (secondary N) is 2. The Bertz CT molecular complexity index is 551. The quantitative estimate of drug-likeness (QED) is 0.768. The summed E-state index contributed by atoms with van der Waals surface area (Å²) in [5.74, 6) is -0.0948. The fraction of sp³-hybridized carbons (Fsp3) is 0.357. The zero-order valence-electron chi connectivity index (χ0n) is 11.0. The topological polar surface area (TPSA) is 66.9 Å². The van der Waals surface area contributed by atoms with E-state index in [0.29, 0.717) is 17.6 Å². The van der Waals surface area contributed by atoms with Gasteiger partial charge in [0.05, 0.1) is 11.1 Å². The van der Waals surface area contributed by atoms with Crippen molar-refractivity contribution in [1.82, 2.24) is 20.6 Å². The zero-order valence-corrected chi connectivity index (χ0v) is 11.0. The lowest BCUT2D eigenvalue weighted by molar-refractivity contribution is 0.0954. The number of fused-ring (bicyclic) bond motifs is 1. The van der Waals surface area contributed by atoms with E-state index < -0.39 is 0 Å². The van der Waals surface area contributed by atoms with E-state index in [1.807, 2.05) is 12.1 Å². The molecule has 2 aromatic rings. The number of para-hydroxylation sites is 1.